The first kappa shape index (κ1) is 17.0. The van der Waals surface area contributed by atoms with Gasteiger partial charge >= 0.3 is 0 Å². The molecular weight excluding hydrogens is 340 g/mol. The summed E-state index contributed by atoms with van der Waals surface area (Å²) in [6.45, 7) is 4.55. The van der Waals surface area contributed by atoms with Crippen molar-refractivity contribution in [2.45, 2.75) is 26.4 Å². The number of nitrogens with one attached hydrogen (secondary N) is 2. The highest BCUT2D eigenvalue weighted by atomic mass is 16.1. The lowest BCUT2D eigenvalue weighted by Crippen LogP contribution is -2.25. The highest BCUT2D eigenvalue weighted by Gasteiger charge is 2.15. The number of aromatic nitrogens is 5. The first-order valence-corrected chi connectivity index (χ1v) is 8.83. The smallest absolute Gasteiger partial charge is 0.269 e. The van der Waals surface area contributed by atoms with Gasteiger partial charge in [0.25, 0.3) is 5.91 Å². The Balaban J connectivity index is 1.53. The summed E-state index contributed by atoms with van der Waals surface area (Å²) < 4.78 is 2.14. The fourth-order valence-electron chi connectivity index (χ4n) is 3.15. The summed E-state index contributed by atoms with van der Waals surface area (Å²) in [5, 5.41) is 9.91. The molecule has 27 heavy (non-hydrogen) atoms. The minimum Gasteiger partial charge on any atom is -0.343 e. The van der Waals surface area contributed by atoms with Crippen molar-refractivity contribution in [3.8, 4) is 11.3 Å². The van der Waals surface area contributed by atoms with Crippen LogP contribution in [0.25, 0.3) is 22.3 Å². The van der Waals surface area contributed by atoms with Gasteiger partial charge in [0.15, 0.2) is 0 Å². The van der Waals surface area contributed by atoms with Crippen LogP contribution in [-0.2, 0) is 6.54 Å². The molecule has 3 heterocycles. The van der Waals surface area contributed by atoms with Crippen molar-refractivity contribution >= 4 is 16.9 Å². The highest BCUT2D eigenvalue weighted by molar-refractivity contribution is 5.93. The van der Waals surface area contributed by atoms with Gasteiger partial charge in [-0.2, -0.15) is 5.10 Å². The maximum absolute atomic E-state index is 12.5. The number of amides is 1. The molecule has 0 aliphatic heterocycles. The van der Waals surface area contributed by atoms with Crippen LogP contribution in [0.3, 0.4) is 0 Å². The molecule has 4 rings (SSSR count). The molecule has 1 amide bonds. The molecule has 7 nitrogen and oxygen atoms in total. The lowest BCUT2D eigenvalue weighted by Gasteiger charge is -2.13. The van der Waals surface area contributed by atoms with E-state index in [1.807, 2.05) is 36.4 Å². The molecule has 2 N–H and O–H groups in total. The van der Waals surface area contributed by atoms with Crippen LogP contribution in [0.5, 0.6) is 0 Å². The zero-order chi connectivity index (χ0) is 18.8. The quantitative estimate of drug-likeness (QED) is 0.571. The van der Waals surface area contributed by atoms with Crippen molar-refractivity contribution in [1.82, 2.24) is 30.0 Å². The van der Waals surface area contributed by atoms with Gasteiger partial charge in [-0.05, 0) is 44.2 Å². The number of H-pyrrole nitrogens is 1. The number of aromatic amines is 1. The van der Waals surface area contributed by atoms with E-state index in [0.717, 1.165) is 22.4 Å². The van der Waals surface area contributed by atoms with Gasteiger partial charge in [-0.3, -0.25) is 14.9 Å². The predicted molar refractivity (Wildman–Crippen MR) is 103 cm³/mol. The van der Waals surface area contributed by atoms with Crippen LogP contribution in [0.2, 0.25) is 0 Å². The average molecular weight is 360 g/mol. The third-order valence-electron chi connectivity index (χ3n) is 4.37. The number of fused-ring (bicyclic) bond motifs is 1. The summed E-state index contributed by atoms with van der Waals surface area (Å²) in [5.41, 5.74) is 3.94. The molecule has 0 bridgehead atoms. The third kappa shape index (κ3) is 3.31. The number of carbonyl (C=O) groups excluding carboxylic acids is 1. The molecule has 0 saturated heterocycles. The van der Waals surface area contributed by atoms with Crippen LogP contribution < -0.4 is 5.32 Å². The van der Waals surface area contributed by atoms with Crippen LogP contribution in [0, 0.1) is 0 Å². The summed E-state index contributed by atoms with van der Waals surface area (Å²) in [5.74, 6) is 0.603. The van der Waals surface area contributed by atoms with E-state index in [-0.39, 0.29) is 11.9 Å². The Morgan fingerprint density at radius 2 is 2.07 bits per heavy atom. The van der Waals surface area contributed by atoms with Gasteiger partial charge in [0.2, 0.25) is 0 Å². The second kappa shape index (κ2) is 7.03. The Morgan fingerprint density at radius 1 is 1.22 bits per heavy atom. The van der Waals surface area contributed by atoms with E-state index in [0.29, 0.717) is 17.9 Å². The molecule has 136 valence electrons. The zero-order valence-electron chi connectivity index (χ0n) is 15.2. The van der Waals surface area contributed by atoms with Gasteiger partial charge in [-0.1, -0.05) is 12.1 Å². The Bertz CT molecular complexity index is 1080. The fourth-order valence-corrected chi connectivity index (χ4v) is 3.15. The molecule has 0 fully saturated rings. The monoisotopic (exact) mass is 360 g/mol. The number of carbonyl (C=O) groups is 1. The molecule has 0 unspecified atom stereocenters. The molecule has 0 aliphatic rings. The van der Waals surface area contributed by atoms with Crippen LogP contribution in [0.15, 0.2) is 54.9 Å². The van der Waals surface area contributed by atoms with E-state index in [9.17, 15) is 4.79 Å². The first-order valence-electron chi connectivity index (χ1n) is 8.83. The number of benzene rings is 1. The molecule has 1 aromatic carbocycles. The maximum atomic E-state index is 12.5. The summed E-state index contributed by atoms with van der Waals surface area (Å²) >= 11 is 0. The van der Waals surface area contributed by atoms with Crippen molar-refractivity contribution in [3.05, 3.63) is 66.4 Å². The number of imidazole rings is 1. The van der Waals surface area contributed by atoms with Crippen LogP contribution in [0.1, 0.15) is 36.2 Å². The number of pyridine rings is 1. The molecule has 0 radical (unpaired) electrons. The fraction of sp³-hybridized carbons (Fsp3) is 0.200. The lowest BCUT2D eigenvalue weighted by molar-refractivity contribution is 0.0944. The number of hydrogen-bond donors (Lipinski definition) is 2. The number of hydrogen-bond acceptors (Lipinski definition) is 4. The number of para-hydroxylation sites is 2. The van der Waals surface area contributed by atoms with E-state index in [4.69, 9.17) is 0 Å². The van der Waals surface area contributed by atoms with E-state index >= 15 is 0 Å². The van der Waals surface area contributed by atoms with Crippen molar-refractivity contribution in [2.75, 3.05) is 0 Å². The van der Waals surface area contributed by atoms with Crippen LogP contribution in [0.4, 0.5) is 0 Å². The zero-order valence-corrected chi connectivity index (χ0v) is 15.2. The van der Waals surface area contributed by atoms with Gasteiger partial charge in [0.05, 0.1) is 23.3 Å². The van der Waals surface area contributed by atoms with Crippen molar-refractivity contribution < 1.29 is 4.79 Å². The normalized spacial score (nSPS) is 11.2. The summed E-state index contributed by atoms with van der Waals surface area (Å²) in [6.07, 6.45) is 3.41. The molecule has 0 atom stereocenters. The SMILES string of the molecule is CC(C)n1c(CNC(=O)c2cc(-c3cccnc3)n[nH]2)nc2ccccc21. The Morgan fingerprint density at radius 3 is 2.85 bits per heavy atom. The van der Waals surface area contributed by atoms with Gasteiger partial charge in [-0.25, -0.2) is 4.98 Å². The lowest BCUT2D eigenvalue weighted by atomic mass is 10.2. The second-order valence-electron chi connectivity index (χ2n) is 6.57. The minimum absolute atomic E-state index is 0.222. The molecular formula is C20H20N6O. The van der Waals surface area contributed by atoms with Crippen LogP contribution in [-0.4, -0.2) is 30.6 Å². The third-order valence-corrected chi connectivity index (χ3v) is 4.37. The maximum Gasteiger partial charge on any atom is 0.269 e. The van der Waals surface area contributed by atoms with Gasteiger partial charge < -0.3 is 9.88 Å². The Kier molecular flexibility index (Phi) is 4.42. The molecule has 4 aromatic rings. The number of nitrogens with zero attached hydrogens (tertiary/aromatic N) is 4. The van der Waals surface area contributed by atoms with E-state index < -0.39 is 0 Å². The minimum atomic E-state index is -0.222. The first-order chi connectivity index (χ1) is 13.1. The Hall–Kier alpha value is -3.48. The number of rotatable bonds is 5. The molecule has 0 spiro atoms. The summed E-state index contributed by atoms with van der Waals surface area (Å²) in [4.78, 5) is 21.3. The van der Waals surface area contributed by atoms with Gasteiger partial charge in [-0.15, -0.1) is 0 Å². The topological polar surface area (TPSA) is 88.5 Å². The average Bonchev–Trinajstić information content (AvgIpc) is 3.31. The predicted octanol–water partition coefficient (Wildman–Crippen LogP) is 3.33. The largest absolute Gasteiger partial charge is 0.343 e. The van der Waals surface area contributed by atoms with E-state index in [1.165, 1.54) is 0 Å². The summed E-state index contributed by atoms with van der Waals surface area (Å²) in [7, 11) is 0. The standard InChI is InChI=1S/C20H20N6O/c1-13(2)26-18-8-4-3-7-15(18)23-19(26)12-22-20(27)17-10-16(24-25-17)14-6-5-9-21-11-14/h3-11,13H,12H2,1-2H3,(H,22,27)(H,24,25). The van der Waals surface area contributed by atoms with Gasteiger partial charge in [0, 0.05) is 24.0 Å². The summed E-state index contributed by atoms with van der Waals surface area (Å²) in [6, 6.07) is 13.7. The molecule has 0 saturated carbocycles. The van der Waals surface area contributed by atoms with Crippen molar-refractivity contribution in [2.24, 2.45) is 0 Å². The van der Waals surface area contributed by atoms with E-state index in [1.54, 1.807) is 18.5 Å². The highest BCUT2D eigenvalue weighted by Crippen LogP contribution is 2.21. The molecule has 0 aliphatic carbocycles. The Labute approximate surface area is 156 Å². The van der Waals surface area contributed by atoms with E-state index in [2.05, 4.69) is 43.9 Å². The molecule has 3 aromatic heterocycles. The van der Waals surface area contributed by atoms with Gasteiger partial charge in [0.1, 0.15) is 11.5 Å². The van der Waals surface area contributed by atoms with Crippen molar-refractivity contribution in [3.63, 3.8) is 0 Å². The second-order valence-corrected chi connectivity index (χ2v) is 6.57. The van der Waals surface area contributed by atoms with Crippen molar-refractivity contribution in [1.29, 1.82) is 0 Å². The van der Waals surface area contributed by atoms with Crippen LogP contribution >= 0.6 is 0 Å². The molecule has 7 heteroatoms.